The van der Waals surface area contributed by atoms with Gasteiger partial charge in [-0.15, -0.1) is 22.7 Å². The second kappa shape index (κ2) is 18.0. The summed E-state index contributed by atoms with van der Waals surface area (Å²) in [6, 6.07) is 59.1. The lowest BCUT2D eigenvalue weighted by molar-refractivity contribution is -0.138. The van der Waals surface area contributed by atoms with Crippen molar-refractivity contribution >= 4 is 73.8 Å². The maximum absolute atomic E-state index is 14.2. The molecular formula is C65H50F6S2. The highest BCUT2D eigenvalue weighted by molar-refractivity contribution is 7.26. The number of fused-ring (bicyclic) bond motifs is 11. The van der Waals surface area contributed by atoms with E-state index in [-0.39, 0.29) is 17.8 Å². The monoisotopic (exact) mass is 1010 g/mol. The zero-order valence-corrected chi connectivity index (χ0v) is 42.1. The van der Waals surface area contributed by atoms with Crippen LogP contribution in [0.2, 0.25) is 0 Å². The van der Waals surface area contributed by atoms with Crippen molar-refractivity contribution in [3.63, 3.8) is 0 Å². The number of alkyl halides is 6. The Kier molecular flexibility index (Phi) is 11.7. The maximum atomic E-state index is 14.2. The average Bonchev–Trinajstić information content (AvgIpc) is 4.03. The van der Waals surface area contributed by atoms with E-state index in [2.05, 4.69) is 130 Å². The van der Waals surface area contributed by atoms with Crippen LogP contribution in [0, 0.1) is 0 Å². The molecule has 1 aliphatic carbocycles. The van der Waals surface area contributed by atoms with Crippen molar-refractivity contribution in [1.82, 2.24) is 0 Å². The van der Waals surface area contributed by atoms with Crippen molar-refractivity contribution < 1.29 is 26.3 Å². The lowest BCUT2D eigenvalue weighted by atomic mass is 9.76. The number of aryl methyl sites for hydroxylation is 1. The highest BCUT2D eigenvalue weighted by Gasteiger charge is 2.39. The van der Waals surface area contributed by atoms with Gasteiger partial charge in [0.1, 0.15) is 0 Å². The van der Waals surface area contributed by atoms with Crippen LogP contribution in [0.25, 0.3) is 62.2 Å². The number of benzene rings is 9. The summed E-state index contributed by atoms with van der Waals surface area (Å²) >= 11 is 3.48. The summed E-state index contributed by atoms with van der Waals surface area (Å²) in [5.41, 5.74) is 8.88. The highest BCUT2D eigenvalue weighted by atomic mass is 32.1. The van der Waals surface area contributed by atoms with Gasteiger partial charge >= 0.3 is 12.4 Å². The molecule has 364 valence electrons. The minimum absolute atomic E-state index is 0.0640. The van der Waals surface area contributed by atoms with E-state index in [1.807, 2.05) is 36.4 Å². The summed E-state index contributed by atoms with van der Waals surface area (Å²) in [5, 5.41) is 7.05. The topological polar surface area (TPSA) is 0 Å². The average molecular weight is 1010 g/mol. The molecule has 0 radical (unpaired) electrons. The first-order valence-corrected chi connectivity index (χ1v) is 26.6. The lowest BCUT2D eigenvalue weighted by Gasteiger charge is -2.28. The molecule has 0 saturated heterocycles. The molecule has 9 aromatic carbocycles. The van der Waals surface area contributed by atoms with Gasteiger partial charge in [-0.2, -0.15) is 26.3 Å². The minimum atomic E-state index is -4.46. The third kappa shape index (κ3) is 8.60. The van der Waals surface area contributed by atoms with Crippen molar-refractivity contribution in [2.45, 2.75) is 82.0 Å². The van der Waals surface area contributed by atoms with Gasteiger partial charge in [0.15, 0.2) is 0 Å². The zero-order chi connectivity index (χ0) is 50.4. The van der Waals surface area contributed by atoms with E-state index >= 15 is 0 Å². The molecule has 0 nitrogen and oxygen atoms in total. The van der Waals surface area contributed by atoms with Gasteiger partial charge in [0.25, 0.3) is 0 Å². The first-order valence-electron chi connectivity index (χ1n) is 24.9. The van der Waals surface area contributed by atoms with Gasteiger partial charge in [-0.25, -0.2) is 0 Å². The van der Waals surface area contributed by atoms with Gasteiger partial charge < -0.3 is 0 Å². The first kappa shape index (κ1) is 47.3. The quantitative estimate of drug-likeness (QED) is 0.113. The van der Waals surface area contributed by atoms with Crippen LogP contribution in [0.1, 0.15) is 101 Å². The summed E-state index contributed by atoms with van der Waals surface area (Å²) < 4.78 is 89.7. The molecule has 2 heterocycles. The molecule has 1 aliphatic rings. The standard InChI is InChI=1S/C65H50F6S2/c1-38(55(32-39-12-10-14-46(31-39)64(66,67)68)45-26-28-52-50-18-7-9-21-59(50)73-61(52)37-45)41-25-29-54-56(35-41)63(2,3)57-36-44(48-16-4-5-19-53(48)62(54)57)24-23-43(42-13-11-15-47(34-42)65(69,70)71)30-40-22-27-51-49-17-6-8-20-58(49)72-60(51)33-40/h4-22,25-29,31,33-38,43,55H,23-24,30,32H2,1-3H3. The van der Waals surface area contributed by atoms with E-state index in [4.69, 9.17) is 0 Å². The van der Waals surface area contributed by atoms with E-state index in [0.717, 1.165) is 44.3 Å². The van der Waals surface area contributed by atoms with Crippen molar-refractivity contribution in [1.29, 1.82) is 0 Å². The van der Waals surface area contributed by atoms with Crippen LogP contribution in [0.5, 0.6) is 0 Å². The molecule has 2 aromatic heterocycles. The predicted molar refractivity (Wildman–Crippen MR) is 293 cm³/mol. The van der Waals surface area contributed by atoms with E-state index < -0.39 is 28.9 Å². The van der Waals surface area contributed by atoms with Crippen LogP contribution in [-0.2, 0) is 37.0 Å². The Morgan fingerprint density at radius 2 is 1.03 bits per heavy atom. The van der Waals surface area contributed by atoms with Crippen molar-refractivity contribution in [3.8, 4) is 11.1 Å². The molecule has 11 aromatic rings. The Morgan fingerprint density at radius 1 is 0.452 bits per heavy atom. The van der Waals surface area contributed by atoms with Crippen molar-refractivity contribution in [2.75, 3.05) is 0 Å². The van der Waals surface area contributed by atoms with Gasteiger partial charge in [-0.3, -0.25) is 0 Å². The summed E-state index contributed by atoms with van der Waals surface area (Å²) in [4.78, 5) is 0. The van der Waals surface area contributed by atoms with Gasteiger partial charge in [0, 0.05) is 45.8 Å². The Bertz CT molecular complexity index is 3920. The normalized spacial score (nSPS) is 14.8. The van der Waals surface area contributed by atoms with Crippen LogP contribution in [0.4, 0.5) is 26.3 Å². The molecule has 0 N–H and O–H groups in total. The smallest absolute Gasteiger partial charge is 0.166 e. The highest BCUT2D eigenvalue weighted by Crippen LogP contribution is 2.54. The van der Waals surface area contributed by atoms with Gasteiger partial charge in [0.05, 0.1) is 11.1 Å². The number of halogens is 6. The molecule has 3 atom stereocenters. The summed E-state index contributed by atoms with van der Waals surface area (Å²) in [5.74, 6) is -0.378. The third-order valence-corrected chi connectivity index (χ3v) is 18.1. The Labute approximate surface area is 428 Å². The first-order chi connectivity index (χ1) is 35.1. The molecule has 0 amide bonds. The Balaban J connectivity index is 0.899. The van der Waals surface area contributed by atoms with Crippen molar-refractivity contribution in [2.24, 2.45) is 0 Å². The largest absolute Gasteiger partial charge is 0.416 e. The summed E-state index contributed by atoms with van der Waals surface area (Å²) in [6.45, 7) is 6.75. The maximum Gasteiger partial charge on any atom is 0.416 e. The number of rotatable bonds is 11. The predicted octanol–water partition coefficient (Wildman–Crippen LogP) is 20.0. The van der Waals surface area contributed by atoms with Gasteiger partial charge in [0.2, 0.25) is 0 Å². The molecule has 73 heavy (non-hydrogen) atoms. The van der Waals surface area contributed by atoms with E-state index in [9.17, 15) is 26.3 Å². The second-order valence-electron chi connectivity index (χ2n) is 20.6. The SMILES string of the molecule is CC(c1ccc2c(c1)C(C)(C)c1cc(CCC(Cc3ccc4c(c3)sc3ccccc34)c3cccc(C(F)(F)F)c3)c3ccccc3c1-2)C(Cc1cccc(C(F)(F)F)c1)c1ccc2c(c1)sc1ccccc12. The second-order valence-corrected chi connectivity index (χ2v) is 22.7. The third-order valence-electron chi connectivity index (χ3n) is 15.8. The fraction of sp³-hybridized carbons (Fsp3) is 0.200. The molecule has 0 bridgehead atoms. The number of hydrogen-bond acceptors (Lipinski definition) is 2. The van der Waals surface area contributed by atoms with E-state index in [1.54, 1.807) is 22.7 Å². The molecule has 0 fully saturated rings. The van der Waals surface area contributed by atoms with Gasteiger partial charge in [-0.1, -0.05) is 166 Å². The molecule has 3 unspecified atom stereocenters. The molecule has 8 heteroatoms. The molecule has 0 saturated carbocycles. The Morgan fingerprint density at radius 3 is 1.73 bits per heavy atom. The molecule has 0 spiro atoms. The molecule has 12 rings (SSSR count). The number of hydrogen-bond donors (Lipinski definition) is 0. The fourth-order valence-electron chi connectivity index (χ4n) is 11.9. The van der Waals surface area contributed by atoms with Gasteiger partial charge in [-0.05, 0) is 146 Å². The minimum Gasteiger partial charge on any atom is -0.166 e. The lowest BCUT2D eigenvalue weighted by Crippen LogP contribution is -2.17. The van der Waals surface area contributed by atoms with E-state index in [0.29, 0.717) is 36.8 Å². The van der Waals surface area contributed by atoms with Crippen LogP contribution in [-0.4, -0.2) is 0 Å². The zero-order valence-electron chi connectivity index (χ0n) is 40.5. The molecular weight excluding hydrogens is 959 g/mol. The van der Waals surface area contributed by atoms with Crippen LogP contribution in [0.15, 0.2) is 182 Å². The Hall–Kier alpha value is -6.74. The summed E-state index contributed by atoms with van der Waals surface area (Å²) in [6.07, 6.45) is -6.57. The van der Waals surface area contributed by atoms with Crippen LogP contribution in [0.3, 0.4) is 0 Å². The summed E-state index contributed by atoms with van der Waals surface area (Å²) in [7, 11) is 0. The van der Waals surface area contributed by atoms with Crippen molar-refractivity contribution in [3.05, 3.63) is 238 Å². The van der Waals surface area contributed by atoms with Crippen LogP contribution >= 0.6 is 22.7 Å². The van der Waals surface area contributed by atoms with Crippen LogP contribution < -0.4 is 0 Å². The van der Waals surface area contributed by atoms with E-state index in [1.165, 1.54) is 87.7 Å². The molecule has 0 aliphatic heterocycles. The fourth-order valence-corrected chi connectivity index (χ4v) is 14.3. The number of thiophene rings is 2.